The number of halogens is 2. The normalized spacial score (nSPS) is 18.3. The van der Waals surface area contributed by atoms with Crippen LogP contribution in [0.15, 0.2) is 35.5 Å². The second-order valence-corrected chi connectivity index (χ2v) is 5.70. The van der Waals surface area contributed by atoms with Gasteiger partial charge in [-0.15, -0.1) is 0 Å². The highest BCUT2D eigenvalue weighted by Gasteiger charge is 2.36. The van der Waals surface area contributed by atoms with Gasteiger partial charge in [0.1, 0.15) is 0 Å². The Labute approximate surface area is 142 Å². The molecule has 1 aromatic rings. The second kappa shape index (κ2) is 7.15. The molecular weight excluding hydrogens is 372 g/mol. The summed E-state index contributed by atoms with van der Waals surface area (Å²) < 4.78 is 5.15. The molecule has 2 amide bonds. The van der Waals surface area contributed by atoms with Gasteiger partial charge in [-0.2, -0.15) is 0 Å². The fourth-order valence-electron chi connectivity index (χ4n) is 2.27. The molecule has 2 rings (SSSR count). The number of nitrogens with zero attached hydrogens (tertiary/aromatic N) is 1. The molecule has 1 N–H and O–H groups in total. The first-order valence-electron chi connectivity index (χ1n) is 6.75. The molecule has 22 heavy (non-hydrogen) atoms. The van der Waals surface area contributed by atoms with Crippen molar-refractivity contribution in [3.63, 3.8) is 0 Å². The third kappa shape index (κ3) is 3.28. The maximum absolute atomic E-state index is 12.4. The van der Waals surface area contributed by atoms with E-state index in [0.717, 1.165) is 5.56 Å². The van der Waals surface area contributed by atoms with E-state index in [-0.39, 0.29) is 12.6 Å². The van der Waals surface area contributed by atoms with E-state index in [0.29, 0.717) is 21.6 Å². The van der Waals surface area contributed by atoms with Crippen molar-refractivity contribution in [3.05, 3.63) is 46.1 Å². The Morgan fingerprint density at radius 3 is 2.59 bits per heavy atom. The number of amides is 2. The summed E-state index contributed by atoms with van der Waals surface area (Å²) in [7, 11) is 1.61. The summed E-state index contributed by atoms with van der Waals surface area (Å²) in [4.78, 5) is 25.9. The molecule has 0 aromatic heterocycles. The Balaban J connectivity index is 2.53. The number of carbonyl (C=O) groups excluding carboxylic acids is 2. The van der Waals surface area contributed by atoms with Gasteiger partial charge in [0.25, 0.3) is 0 Å². The predicted octanol–water partition coefficient (Wildman–Crippen LogP) is 3.25. The molecule has 1 heterocycles. The number of esters is 1. The van der Waals surface area contributed by atoms with Crippen LogP contribution in [-0.2, 0) is 9.53 Å². The first kappa shape index (κ1) is 16.8. The fourth-order valence-corrected chi connectivity index (χ4v) is 3.08. The van der Waals surface area contributed by atoms with Crippen LogP contribution in [0, 0.1) is 0 Å². The number of nitrogens with one attached hydrogen (secondary N) is 1. The summed E-state index contributed by atoms with van der Waals surface area (Å²) in [6, 6.07) is 6.17. The number of allylic oxidation sites excluding steroid dienone is 1. The summed E-state index contributed by atoms with van der Waals surface area (Å²) >= 11 is 9.24. The molecule has 0 radical (unpaired) electrons. The van der Waals surface area contributed by atoms with Crippen LogP contribution in [0.25, 0.3) is 0 Å². The molecular formula is C15H16BrClN2O3. The van der Waals surface area contributed by atoms with Crippen molar-refractivity contribution >= 4 is 39.5 Å². The Hall–Kier alpha value is -1.53. The van der Waals surface area contributed by atoms with Crippen LogP contribution < -0.4 is 5.32 Å². The van der Waals surface area contributed by atoms with Crippen molar-refractivity contribution in [2.24, 2.45) is 0 Å². The van der Waals surface area contributed by atoms with Crippen LogP contribution in [0.1, 0.15) is 18.5 Å². The van der Waals surface area contributed by atoms with E-state index < -0.39 is 12.0 Å². The van der Waals surface area contributed by atoms with E-state index in [2.05, 4.69) is 21.2 Å². The quantitative estimate of drug-likeness (QED) is 0.637. The van der Waals surface area contributed by atoms with Gasteiger partial charge in [-0.1, -0.05) is 39.7 Å². The van der Waals surface area contributed by atoms with Gasteiger partial charge >= 0.3 is 12.0 Å². The summed E-state index contributed by atoms with van der Waals surface area (Å²) in [5, 5.41) is 3.78. The molecule has 0 unspecified atom stereocenters. The largest absolute Gasteiger partial charge is 0.463 e. The van der Waals surface area contributed by atoms with E-state index in [9.17, 15) is 9.59 Å². The van der Waals surface area contributed by atoms with Crippen molar-refractivity contribution in [1.29, 1.82) is 0 Å². The summed E-state index contributed by atoms with van der Waals surface area (Å²) in [5.74, 6) is -0.441. The molecule has 1 aromatic carbocycles. The highest BCUT2D eigenvalue weighted by molar-refractivity contribution is 9.09. The molecule has 1 aliphatic rings. The molecule has 0 saturated heterocycles. The number of alkyl halides is 1. The zero-order valence-corrected chi connectivity index (χ0v) is 14.6. The first-order valence-corrected chi connectivity index (χ1v) is 8.25. The number of benzene rings is 1. The number of urea groups is 1. The topological polar surface area (TPSA) is 58.6 Å². The average molecular weight is 388 g/mol. The minimum absolute atomic E-state index is 0.267. The lowest BCUT2D eigenvalue weighted by atomic mass is 9.95. The molecule has 5 nitrogen and oxygen atoms in total. The standard InChI is InChI=1S/C15H16BrClN2O3/c1-3-22-14(20)12-11(8-16)19(2)15(21)18-13(12)9-4-6-10(17)7-5-9/h4-7,13H,3,8H2,1-2H3,(H,18,21)/t13-/m1/s1. The van der Waals surface area contributed by atoms with Crippen LogP contribution in [0.3, 0.4) is 0 Å². The zero-order chi connectivity index (χ0) is 16.3. The third-order valence-corrected chi connectivity index (χ3v) is 4.19. The summed E-state index contributed by atoms with van der Waals surface area (Å²) in [5.41, 5.74) is 1.78. The Morgan fingerprint density at radius 1 is 1.41 bits per heavy atom. The first-order chi connectivity index (χ1) is 10.5. The van der Waals surface area contributed by atoms with E-state index in [1.54, 1.807) is 38.2 Å². The molecule has 0 fully saturated rings. The molecule has 7 heteroatoms. The van der Waals surface area contributed by atoms with Crippen molar-refractivity contribution in [3.8, 4) is 0 Å². The summed E-state index contributed by atoms with van der Waals surface area (Å²) in [6.07, 6.45) is 0. The predicted molar refractivity (Wildman–Crippen MR) is 87.9 cm³/mol. The van der Waals surface area contributed by atoms with Crippen LogP contribution in [0.5, 0.6) is 0 Å². The average Bonchev–Trinajstić information content (AvgIpc) is 2.50. The lowest BCUT2D eigenvalue weighted by Crippen LogP contribution is -2.47. The Kier molecular flexibility index (Phi) is 5.47. The maximum Gasteiger partial charge on any atom is 0.338 e. The van der Waals surface area contributed by atoms with Gasteiger partial charge in [-0.05, 0) is 24.6 Å². The molecule has 1 aliphatic heterocycles. The van der Waals surface area contributed by atoms with Crippen LogP contribution in [0.4, 0.5) is 4.79 Å². The lowest BCUT2D eigenvalue weighted by Gasteiger charge is -2.34. The molecule has 0 aliphatic carbocycles. The van der Waals surface area contributed by atoms with Gasteiger partial charge in [0.2, 0.25) is 0 Å². The van der Waals surface area contributed by atoms with E-state index >= 15 is 0 Å². The van der Waals surface area contributed by atoms with E-state index in [1.165, 1.54) is 4.90 Å². The van der Waals surface area contributed by atoms with Gasteiger partial charge in [-0.25, -0.2) is 9.59 Å². The number of ether oxygens (including phenoxy) is 1. The highest BCUT2D eigenvalue weighted by atomic mass is 79.9. The molecule has 0 spiro atoms. The number of hydrogen-bond donors (Lipinski definition) is 1. The second-order valence-electron chi connectivity index (χ2n) is 4.71. The van der Waals surface area contributed by atoms with Gasteiger partial charge < -0.3 is 10.1 Å². The van der Waals surface area contributed by atoms with Crippen molar-refractivity contribution in [1.82, 2.24) is 10.2 Å². The van der Waals surface area contributed by atoms with Crippen LogP contribution in [-0.4, -0.2) is 35.9 Å². The van der Waals surface area contributed by atoms with Crippen molar-refractivity contribution < 1.29 is 14.3 Å². The molecule has 118 valence electrons. The molecule has 0 bridgehead atoms. The van der Waals surface area contributed by atoms with Crippen molar-refractivity contribution in [2.75, 3.05) is 19.0 Å². The molecule has 1 atom stereocenters. The lowest BCUT2D eigenvalue weighted by molar-refractivity contribution is -0.139. The van der Waals surface area contributed by atoms with Gasteiger partial charge in [0, 0.05) is 23.1 Å². The van der Waals surface area contributed by atoms with E-state index in [4.69, 9.17) is 16.3 Å². The van der Waals surface area contributed by atoms with E-state index in [1.807, 2.05) is 0 Å². The van der Waals surface area contributed by atoms with Gasteiger partial charge in [0.05, 0.1) is 18.2 Å². The Morgan fingerprint density at radius 2 is 2.05 bits per heavy atom. The number of rotatable bonds is 4. The molecule has 0 saturated carbocycles. The minimum atomic E-state index is -0.562. The summed E-state index contributed by atoms with van der Waals surface area (Å²) in [6.45, 7) is 2.01. The fraction of sp³-hybridized carbons (Fsp3) is 0.333. The third-order valence-electron chi connectivity index (χ3n) is 3.40. The smallest absolute Gasteiger partial charge is 0.338 e. The SMILES string of the molecule is CCOC(=O)C1=C(CBr)N(C)C(=O)N[C@@H]1c1ccc(Cl)cc1. The maximum atomic E-state index is 12.4. The van der Waals surface area contributed by atoms with Crippen LogP contribution in [0.2, 0.25) is 5.02 Å². The van der Waals surface area contributed by atoms with Crippen LogP contribution >= 0.6 is 27.5 Å². The monoisotopic (exact) mass is 386 g/mol. The highest BCUT2D eigenvalue weighted by Crippen LogP contribution is 2.32. The minimum Gasteiger partial charge on any atom is -0.463 e. The zero-order valence-electron chi connectivity index (χ0n) is 12.2. The van der Waals surface area contributed by atoms with Crippen molar-refractivity contribution in [2.45, 2.75) is 13.0 Å². The number of hydrogen-bond acceptors (Lipinski definition) is 3. The van der Waals surface area contributed by atoms with Gasteiger partial charge in [-0.3, -0.25) is 4.90 Å². The van der Waals surface area contributed by atoms with Gasteiger partial charge in [0.15, 0.2) is 0 Å². The Bertz CT molecular complexity index is 616. The number of carbonyl (C=O) groups is 2.